The normalized spacial score (nSPS) is 16.7. The topological polar surface area (TPSA) is 68.0 Å². The van der Waals surface area contributed by atoms with E-state index in [1.54, 1.807) is 5.51 Å². The predicted octanol–water partition coefficient (Wildman–Crippen LogP) is 1.56. The third-order valence-electron chi connectivity index (χ3n) is 2.44. The summed E-state index contributed by atoms with van der Waals surface area (Å²) in [6, 6.07) is 0. The lowest BCUT2D eigenvalue weighted by Gasteiger charge is -2.08. The van der Waals surface area contributed by atoms with Crippen molar-refractivity contribution in [3.05, 3.63) is 11.2 Å². The molecule has 0 aliphatic heterocycles. The fraction of sp³-hybridized carbons (Fsp3) is 0.556. The van der Waals surface area contributed by atoms with Crippen LogP contribution in [0.5, 0.6) is 0 Å². The van der Waals surface area contributed by atoms with Crippen molar-refractivity contribution >= 4 is 34.7 Å². The Morgan fingerprint density at radius 2 is 2.40 bits per heavy atom. The smallest absolute Gasteiger partial charge is 0.245 e. The second kappa shape index (κ2) is 4.47. The number of nitrogens with one attached hydrogen (secondary N) is 1. The number of hydrogen-bond acceptors (Lipinski definition) is 4. The van der Waals surface area contributed by atoms with Gasteiger partial charge < -0.3 is 11.1 Å². The lowest BCUT2D eigenvalue weighted by atomic mass is 10.2. The van der Waals surface area contributed by atoms with E-state index in [4.69, 9.17) is 5.73 Å². The first kappa shape index (κ1) is 12.4. The number of aryl methyl sites for hydroxylation is 1. The summed E-state index contributed by atoms with van der Waals surface area (Å²) >= 11 is 1.45. The summed E-state index contributed by atoms with van der Waals surface area (Å²) in [4.78, 5) is 15.8. The summed E-state index contributed by atoms with van der Waals surface area (Å²) in [5.74, 6) is -0.0727. The van der Waals surface area contributed by atoms with Gasteiger partial charge in [-0.3, -0.25) is 4.79 Å². The number of amides is 1. The van der Waals surface area contributed by atoms with Gasteiger partial charge in [-0.15, -0.1) is 23.7 Å². The number of halogens is 1. The number of carbonyl (C=O) groups excluding carboxylic acids is 1. The van der Waals surface area contributed by atoms with Crippen LogP contribution in [-0.4, -0.2) is 16.4 Å². The fourth-order valence-corrected chi connectivity index (χ4v) is 1.98. The van der Waals surface area contributed by atoms with Gasteiger partial charge in [0.2, 0.25) is 5.91 Å². The van der Waals surface area contributed by atoms with E-state index in [0.29, 0.717) is 0 Å². The molecule has 1 heterocycles. The molecule has 3 N–H and O–H groups in total. The summed E-state index contributed by atoms with van der Waals surface area (Å²) in [6.45, 7) is 2.01. The van der Waals surface area contributed by atoms with Crippen molar-refractivity contribution in [1.82, 2.24) is 4.98 Å². The summed E-state index contributed by atoms with van der Waals surface area (Å²) < 4.78 is 0. The van der Waals surface area contributed by atoms with Crippen LogP contribution in [0.3, 0.4) is 0 Å². The van der Waals surface area contributed by atoms with E-state index >= 15 is 0 Å². The molecule has 0 saturated heterocycles. The molecule has 0 radical (unpaired) electrons. The van der Waals surface area contributed by atoms with E-state index in [1.165, 1.54) is 11.3 Å². The Morgan fingerprint density at radius 1 is 1.73 bits per heavy atom. The molecule has 0 unspecified atom stereocenters. The number of thiazole rings is 1. The maximum absolute atomic E-state index is 11.6. The minimum Gasteiger partial charge on any atom is -0.317 e. The minimum absolute atomic E-state index is 0. The minimum atomic E-state index is -0.602. The summed E-state index contributed by atoms with van der Waals surface area (Å²) in [5.41, 5.74) is 7.85. The highest BCUT2D eigenvalue weighted by Gasteiger charge is 2.46. The highest BCUT2D eigenvalue weighted by molar-refractivity contribution is 7.14. The Balaban J connectivity index is 0.00000112. The van der Waals surface area contributed by atoms with E-state index in [-0.39, 0.29) is 18.3 Å². The average Bonchev–Trinajstić information content (AvgIpc) is 2.78. The first-order valence-electron chi connectivity index (χ1n) is 4.68. The number of nitrogens with two attached hydrogens (primary N) is 1. The first-order chi connectivity index (χ1) is 6.65. The number of aromatic nitrogens is 1. The van der Waals surface area contributed by atoms with Gasteiger partial charge in [0.1, 0.15) is 5.00 Å². The lowest BCUT2D eigenvalue weighted by molar-refractivity contribution is -0.118. The van der Waals surface area contributed by atoms with Gasteiger partial charge in [0.05, 0.1) is 16.7 Å². The number of hydrogen-bond donors (Lipinski definition) is 2. The number of rotatable bonds is 3. The molecule has 1 fully saturated rings. The van der Waals surface area contributed by atoms with Gasteiger partial charge in [0.25, 0.3) is 0 Å². The van der Waals surface area contributed by atoms with Crippen molar-refractivity contribution in [2.45, 2.75) is 31.7 Å². The van der Waals surface area contributed by atoms with E-state index in [1.807, 2.05) is 6.92 Å². The third kappa shape index (κ3) is 2.48. The molecule has 0 atom stereocenters. The Hall–Kier alpha value is -0.650. The molecule has 0 aromatic carbocycles. The van der Waals surface area contributed by atoms with Crippen LogP contribution >= 0.6 is 23.7 Å². The van der Waals surface area contributed by atoms with Crippen LogP contribution in [0.25, 0.3) is 0 Å². The molecule has 1 saturated carbocycles. The Kier molecular flexibility index (Phi) is 3.70. The van der Waals surface area contributed by atoms with Crippen molar-refractivity contribution in [3.63, 3.8) is 0 Å². The Labute approximate surface area is 98.7 Å². The fourth-order valence-electron chi connectivity index (χ4n) is 1.21. The highest BCUT2D eigenvalue weighted by Crippen LogP contribution is 2.34. The molecule has 0 spiro atoms. The SMILES string of the molecule is CCc1ncsc1NC(=O)C1(N)CC1.Cl. The predicted molar refractivity (Wildman–Crippen MR) is 63.5 cm³/mol. The van der Waals surface area contributed by atoms with Gasteiger partial charge >= 0.3 is 0 Å². The molecular formula is C9H14ClN3OS. The van der Waals surface area contributed by atoms with Crippen molar-refractivity contribution in [1.29, 1.82) is 0 Å². The summed E-state index contributed by atoms with van der Waals surface area (Å²) in [7, 11) is 0. The van der Waals surface area contributed by atoms with Gasteiger partial charge in [-0.2, -0.15) is 0 Å². The Bertz CT molecular complexity index is 362. The molecule has 1 aromatic heterocycles. The van der Waals surface area contributed by atoms with Crippen LogP contribution in [0.15, 0.2) is 5.51 Å². The van der Waals surface area contributed by atoms with Crippen molar-refractivity contribution in [2.75, 3.05) is 5.32 Å². The summed E-state index contributed by atoms with van der Waals surface area (Å²) in [5, 5.41) is 3.68. The molecule has 1 amide bonds. The molecule has 15 heavy (non-hydrogen) atoms. The van der Waals surface area contributed by atoms with Gasteiger partial charge in [0, 0.05) is 0 Å². The van der Waals surface area contributed by atoms with Crippen LogP contribution in [0.4, 0.5) is 5.00 Å². The second-order valence-electron chi connectivity index (χ2n) is 3.59. The molecule has 4 nitrogen and oxygen atoms in total. The van der Waals surface area contributed by atoms with Crippen molar-refractivity contribution < 1.29 is 4.79 Å². The van der Waals surface area contributed by atoms with Crippen LogP contribution < -0.4 is 11.1 Å². The lowest BCUT2D eigenvalue weighted by Crippen LogP contribution is -2.37. The molecule has 84 valence electrons. The van der Waals surface area contributed by atoms with E-state index in [9.17, 15) is 4.79 Å². The van der Waals surface area contributed by atoms with Crippen LogP contribution in [-0.2, 0) is 11.2 Å². The third-order valence-corrected chi connectivity index (χ3v) is 3.23. The molecule has 1 aromatic rings. The van der Waals surface area contributed by atoms with E-state index in [2.05, 4.69) is 10.3 Å². The average molecular weight is 248 g/mol. The zero-order chi connectivity index (χ0) is 10.2. The van der Waals surface area contributed by atoms with Gasteiger partial charge in [0.15, 0.2) is 0 Å². The number of anilines is 1. The Morgan fingerprint density at radius 3 is 2.93 bits per heavy atom. The van der Waals surface area contributed by atoms with Crippen molar-refractivity contribution in [3.8, 4) is 0 Å². The van der Waals surface area contributed by atoms with Gasteiger partial charge in [-0.1, -0.05) is 6.92 Å². The van der Waals surface area contributed by atoms with Crippen LogP contribution in [0.1, 0.15) is 25.5 Å². The van der Waals surface area contributed by atoms with Gasteiger partial charge in [-0.25, -0.2) is 4.98 Å². The van der Waals surface area contributed by atoms with E-state index < -0.39 is 5.54 Å². The van der Waals surface area contributed by atoms with E-state index in [0.717, 1.165) is 30.0 Å². The zero-order valence-electron chi connectivity index (χ0n) is 8.45. The van der Waals surface area contributed by atoms with Gasteiger partial charge in [-0.05, 0) is 19.3 Å². The monoisotopic (exact) mass is 247 g/mol. The van der Waals surface area contributed by atoms with Crippen LogP contribution in [0, 0.1) is 0 Å². The molecular weight excluding hydrogens is 234 g/mol. The molecule has 1 aliphatic rings. The molecule has 0 bridgehead atoms. The molecule has 6 heteroatoms. The molecule has 1 aliphatic carbocycles. The highest BCUT2D eigenvalue weighted by atomic mass is 35.5. The molecule has 2 rings (SSSR count). The quantitative estimate of drug-likeness (QED) is 0.852. The standard InChI is InChI=1S/C9H13N3OS.ClH/c1-2-6-7(14-5-11-6)12-8(13)9(10)3-4-9;/h5H,2-4,10H2,1H3,(H,12,13);1H. The largest absolute Gasteiger partial charge is 0.317 e. The van der Waals surface area contributed by atoms with Crippen LogP contribution in [0.2, 0.25) is 0 Å². The number of nitrogens with zero attached hydrogens (tertiary/aromatic N) is 1. The summed E-state index contributed by atoms with van der Waals surface area (Å²) in [6.07, 6.45) is 2.41. The maximum Gasteiger partial charge on any atom is 0.245 e. The first-order valence-corrected chi connectivity index (χ1v) is 5.56. The second-order valence-corrected chi connectivity index (χ2v) is 4.45. The van der Waals surface area contributed by atoms with Crippen molar-refractivity contribution in [2.24, 2.45) is 5.73 Å². The zero-order valence-corrected chi connectivity index (χ0v) is 10.1. The maximum atomic E-state index is 11.6. The number of carbonyl (C=O) groups is 1.